The summed E-state index contributed by atoms with van der Waals surface area (Å²) in [5.74, 6) is -0.472. The SMILES string of the molecule is CC(C)(C)c1ccc(C(=O)NCC(O)C(F)F)cc1. The van der Waals surface area contributed by atoms with Crippen LogP contribution in [0.1, 0.15) is 36.7 Å². The van der Waals surface area contributed by atoms with Gasteiger partial charge in [-0.3, -0.25) is 4.79 Å². The van der Waals surface area contributed by atoms with Crippen LogP contribution in [-0.2, 0) is 5.41 Å². The standard InChI is InChI=1S/C14H19F2NO2/c1-14(2,3)10-6-4-9(5-7-10)13(19)17-8-11(18)12(15)16/h4-7,11-12,18H,8H2,1-3H3,(H,17,19). The van der Waals surface area contributed by atoms with Gasteiger partial charge in [-0.1, -0.05) is 32.9 Å². The number of alkyl halides is 2. The molecule has 0 aromatic heterocycles. The molecular formula is C14H19F2NO2. The van der Waals surface area contributed by atoms with Crippen molar-refractivity contribution in [1.82, 2.24) is 5.32 Å². The molecule has 106 valence electrons. The number of aliphatic hydroxyl groups is 1. The van der Waals surface area contributed by atoms with Crippen LogP contribution in [0.15, 0.2) is 24.3 Å². The van der Waals surface area contributed by atoms with Crippen molar-refractivity contribution in [2.24, 2.45) is 0 Å². The van der Waals surface area contributed by atoms with E-state index in [9.17, 15) is 13.6 Å². The normalized spacial score (nSPS) is 13.4. The summed E-state index contributed by atoms with van der Waals surface area (Å²) in [5.41, 5.74) is 1.45. The first-order valence-electron chi connectivity index (χ1n) is 6.07. The van der Waals surface area contributed by atoms with E-state index in [-0.39, 0.29) is 5.41 Å². The minimum absolute atomic E-state index is 0.0130. The summed E-state index contributed by atoms with van der Waals surface area (Å²) in [4.78, 5) is 11.7. The summed E-state index contributed by atoms with van der Waals surface area (Å²) in [6.07, 6.45) is -4.69. The maximum atomic E-state index is 12.1. The molecule has 0 aliphatic heterocycles. The zero-order valence-electron chi connectivity index (χ0n) is 11.3. The summed E-state index contributed by atoms with van der Waals surface area (Å²) < 4.78 is 24.1. The Labute approximate surface area is 111 Å². The monoisotopic (exact) mass is 271 g/mol. The Morgan fingerprint density at radius 2 is 1.79 bits per heavy atom. The molecule has 1 rings (SSSR count). The molecule has 0 fully saturated rings. The van der Waals surface area contributed by atoms with E-state index >= 15 is 0 Å². The van der Waals surface area contributed by atoms with Crippen molar-refractivity contribution in [1.29, 1.82) is 0 Å². The Bertz CT molecular complexity index is 424. The Kier molecular flexibility index (Phi) is 5.00. The fraction of sp³-hybridized carbons (Fsp3) is 0.500. The number of halogens is 2. The van der Waals surface area contributed by atoms with Crippen molar-refractivity contribution in [3.05, 3.63) is 35.4 Å². The Balaban J connectivity index is 2.64. The molecule has 0 saturated heterocycles. The molecule has 1 aromatic carbocycles. The van der Waals surface area contributed by atoms with Gasteiger partial charge in [-0.25, -0.2) is 8.78 Å². The molecule has 0 saturated carbocycles. The maximum Gasteiger partial charge on any atom is 0.265 e. The lowest BCUT2D eigenvalue weighted by atomic mass is 9.87. The van der Waals surface area contributed by atoms with Gasteiger partial charge in [-0.05, 0) is 23.1 Å². The lowest BCUT2D eigenvalue weighted by Gasteiger charge is -2.19. The number of rotatable bonds is 4. The molecule has 0 bridgehead atoms. The van der Waals surface area contributed by atoms with Crippen LogP contribution in [0.4, 0.5) is 8.78 Å². The predicted molar refractivity (Wildman–Crippen MR) is 69.5 cm³/mol. The molecule has 1 unspecified atom stereocenters. The van der Waals surface area contributed by atoms with E-state index in [2.05, 4.69) is 26.1 Å². The van der Waals surface area contributed by atoms with E-state index in [1.165, 1.54) is 0 Å². The van der Waals surface area contributed by atoms with Gasteiger partial charge in [0.15, 0.2) is 0 Å². The number of benzene rings is 1. The van der Waals surface area contributed by atoms with Crippen LogP contribution in [0.3, 0.4) is 0 Å². The van der Waals surface area contributed by atoms with Gasteiger partial charge in [0.1, 0.15) is 6.10 Å². The largest absolute Gasteiger partial charge is 0.385 e. The van der Waals surface area contributed by atoms with Gasteiger partial charge in [-0.15, -0.1) is 0 Å². The van der Waals surface area contributed by atoms with Crippen molar-refractivity contribution in [3.8, 4) is 0 Å². The number of amides is 1. The maximum absolute atomic E-state index is 12.1. The first kappa shape index (κ1) is 15.6. The zero-order valence-corrected chi connectivity index (χ0v) is 11.3. The van der Waals surface area contributed by atoms with Crippen LogP contribution in [0.2, 0.25) is 0 Å². The van der Waals surface area contributed by atoms with Crippen molar-refractivity contribution >= 4 is 5.91 Å². The molecule has 1 amide bonds. The third-order valence-electron chi connectivity index (χ3n) is 2.78. The van der Waals surface area contributed by atoms with Crippen LogP contribution < -0.4 is 5.32 Å². The van der Waals surface area contributed by atoms with Crippen molar-refractivity contribution in [2.45, 2.75) is 38.7 Å². The van der Waals surface area contributed by atoms with Crippen LogP contribution in [0.5, 0.6) is 0 Å². The van der Waals surface area contributed by atoms with E-state index in [0.29, 0.717) is 5.56 Å². The van der Waals surface area contributed by atoms with Crippen molar-refractivity contribution < 1.29 is 18.7 Å². The molecule has 0 aliphatic rings. The molecule has 0 aliphatic carbocycles. The van der Waals surface area contributed by atoms with Gasteiger partial charge in [0.2, 0.25) is 0 Å². The molecule has 0 radical (unpaired) electrons. The van der Waals surface area contributed by atoms with E-state index in [1.807, 2.05) is 12.1 Å². The van der Waals surface area contributed by atoms with E-state index in [4.69, 9.17) is 5.11 Å². The fourth-order valence-corrected chi connectivity index (χ4v) is 1.51. The predicted octanol–water partition coefficient (Wildman–Crippen LogP) is 2.34. The second-order valence-corrected chi connectivity index (χ2v) is 5.44. The number of carbonyl (C=O) groups excluding carboxylic acids is 1. The highest BCUT2D eigenvalue weighted by Gasteiger charge is 2.18. The van der Waals surface area contributed by atoms with Crippen LogP contribution in [0.25, 0.3) is 0 Å². The van der Waals surface area contributed by atoms with Gasteiger partial charge >= 0.3 is 0 Å². The Hall–Kier alpha value is -1.49. The number of hydrogen-bond donors (Lipinski definition) is 2. The van der Waals surface area contributed by atoms with Crippen LogP contribution in [0, 0.1) is 0 Å². The summed E-state index contributed by atoms with van der Waals surface area (Å²) in [7, 11) is 0. The average Bonchev–Trinajstić information content (AvgIpc) is 2.34. The smallest absolute Gasteiger partial charge is 0.265 e. The van der Waals surface area contributed by atoms with Gasteiger partial charge in [0, 0.05) is 12.1 Å². The molecule has 2 N–H and O–H groups in total. The first-order valence-corrected chi connectivity index (χ1v) is 6.07. The van der Waals surface area contributed by atoms with E-state index in [0.717, 1.165) is 5.56 Å². The number of carbonyl (C=O) groups is 1. The highest BCUT2D eigenvalue weighted by molar-refractivity contribution is 5.94. The third-order valence-corrected chi connectivity index (χ3v) is 2.78. The van der Waals surface area contributed by atoms with E-state index in [1.54, 1.807) is 12.1 Å². The van der Waals surface area contributed by atoms with Gasteiger partial charge < -0.3 is 10.4 Å². The molecular weight excluding hydrogens is 252 g/mol. The highest BCUT2D eigenvalue weighted by Crippen LogP contribution is 2.22. The molecule has 1 atom stereocenters. The van der Waals surface area contributed by atoms with E-state index < -0.39 is 25.0 Å². The lowest BCUT2D eigenvalue weighted by molar-refractivity contribution is -0.00270. The van der Waals surface area contributed by atoms with Crippen LogP contribution in [-0.4, -0.2) is 30.1 Å². The third kappa shape index (κ3) is 4.59. The summed E-state index contributed by atoms with van der Waals surface area (Å²) >= 11 is 0. The Morgan fingerprint density at radius 1 is 1.26 bits per heavy atom. The van der Waals surface area contributed by atoms with Crippen LogP contribution >= 0.6 is 0 Å². The molecule has 3 nitrogen and oxygen atoms in total. The quantitative estimate of drug-likeness (QED) is 0.883. The molecule has 19 heavy (non-hydrogen) atoms. The molecule has 0 heterocycles. The van der Waals surface area contributed by atoms with Crippen molar-refractivity contribution in [2.75, 3.05) is 6.54 Å². The molecule has 0 spiro atoms. The highest BCUT2D eigenvalue weighted by atomic mass is 19.3. The number of aliphatic hydroxyl groups excluding tert-OH is 1. The lowest BCUT2D eigenvalue weighted by Crippen LogP contribution is -2.35. The summed E-state index contributed by atoms with van der Waals surface area (Å²) in [5, 5.41) is 11.2. The second-order valence-electron chi connectivity index (χ2n) is 5.44. The summed E-state index contributed by atoms with van der Waals surface area (Å²) in [6, 6.07) is 6.95. The second kappa shape index (κ2) is 6.10. The average molecular weight is 271 g/mol. The first-order chi connectivity index (χ1) is 8.71. The minimum atomic E-state index is -2.86. The van der Waals surface area contributed by atoms with Gasteiger partial charge in [0.05, 0.1) is 0 Å². The molecule has 1 aromatic rings. The number of hydrogen-bond acceptors (Lipinski definition) is 2. The number of nitrogens with one attached hydrogen (secondary N) is 1. The topological polar surface area (TPSA) is 49.3 Å². The minimum Gasteiger partial charge on any atom is -0.385 e. The summed E-state index contributed by atoms with van der Waals surface area (Å²) in [6.45, 7) is 5.71. The Morgan fingerprint density at radius 3 is 2.21 bits per heavy atom. The van der Waals surface area contributed by atoms with Gasteiger partial charge in [-0.2, -0.15) is 0 Å². The molecule has 5 heteroatoms. The zero-order chi connectivity index (χ0) is 14.6. The fourth-order valence-electron chi connectivity index (χ4n) is 1.51. The van der Waals surface area contributed by atoms with Gasteiger partial charge in [0.25, 0.3) is 12.3 Å². The van der Waals surface area contributed by atoms with Crippen molar-refractivity contribution in [3.63, 3.8) is 0 Å².